The molecule has 0 bridgehead atoms. The Hall–Kier alpha value is -3.51. The lowest BCUT2D eigenvalue weighted by Crippen LogP contribution is -2.15. The summed E-state index contributed by atoms with van der Waals surface area (Å²) in [5.41, 5.74) is 3.03. The normalized spacial score (nSPS) is 11.9. The van der Waals surface area contributed by atoms with Gasteiger partial charge in [0.25, 0.3) is 0 Å². The van der Waals surface area contributed by atoms with Gasteiger partial charge in [-0.3, -0.25) is 4.79 Å². The molecule has 2 aromatic carbocycles. The highest BCUT2D eigenvalue weighted by molar-refractivity contribution is 5.93. The number of ether oxygens (including phenoxy) is 1. The first-order valence-corrected chi connectivity index (χ1v) is 10.3. The molecule has 168 valence electrons. The molecule has 0 amide bonds. The second kappa shape index (κ2) is 9.32. The molecule has 0 spiro atoms. The van der Waals surface area contributed by atoms with Crippen LogP contribution in [0.2, 0.25) is 0 Å². The highest BCUT2D eigenvalue weighted by Gasteiger charge is 2.26. The Balaban J connectivity index is 2.39. The van der Waals surface area contributed by atoms with Gasteiger partial charge in [-0.2, -0.15) is 0 Å². The van der Waals surface area contributed by atoms with Gasteiger partial charge in [-0.05, 0) is 44.9 Å². The summed E-state index contributed by atoms with van der Waals surface area (Å²) in [6.45, 7) is 9.34. The van der Waals surface area contributed by atoms with E-state index in [9.17, 15) is 20.1 Å². The predicted molar refractivity (Wildman–Crippen MR) is 125 cm³/mol. The Morgan fingerprint density at radius 2 is 1.81 bits per heavy atom. The van der Waals surface area contributed by atoms with E-state index in [1.165, 1.54) is 25.5 Å². The predicted octanol–water partition coefficient (Wildman–Crippen LogP) is 4.87. The van der Waals surface area contributed by atoms with Gasteiger partial charge in [0.15, 0.2) is 0 Å². The van der Waals surface area contributed by atoms with E-state index >= 15 is 0 Å². The molecule has 1 atom stereocenters. The van der Waals surface area contributed by atoms with Crippen LogP contribution in [0.1, 0.15) is 31.9 Å². The number of methoxy groups -OCH3 is 1. The summed E-state index contributed by atoms with van der Waals surface area (Å²) in [4.78, 5) is 13.6. The van der Waals surface area contributed by atoms with Crippen LogP contribution in [0.25, 0.3) is 22.1 Å². The van der Waals surface area contributed by atoms with E-state index in [-0.39, 0.29) is 40.1 Å². The molecule has 0 aliphatic heterocycles. The number of aliphatic hydroxyl groups excluding tert-OH is 1. The first-order chi connectivity index (χ1) is 15.1. The van der Waals surface area contributed by atoms with Gasteiger partial charge in [-0.15, -0.1) is 0 Å². The number of phenolic OH excluding ortho intramolecular Hbond substituents is 2. The molecule has 3 rings (SSSR count). The second-order valence-corrected chi connectivity index (χ2v) is 8.12. The average Bonchev–Trinajstić information content (AvgIpc) is 2.75. The van der Waals surface area contributed by atoms with Crippen LogP contribution in [-0.2, 0) is 12.8 Å². The van der Waals surface area contributed by atoms with Crippen molar-refractivity contribution in [3.05, 3.63) is 75.7 Å². The van der Waals surface area contributed by atoms with E-state index < -0.39 is 6.10 Å². The fourth-order valence-corrected chi connectivity index (χ4v) is 3.56. The second-order valence-electron chi connectivity index (χ2n) is 8.12. The van der Waals surface area contributed by atoms with E-state index in [2.05, 4.69) is 6.58 Å². The number of benzene rings is 2. The lowest BCUT2D eigenvalue weighted by molar-refractivity contribution is 0.210. The van der Waals surface area contributed by atoms with Crippen molar-refractivity contribution in [2.24, 2.45) is 0 Å². The molecule has 6 nitrogen and oxygen atoms in total. The summed E-state index contributed by atoms with van der Waals surface area (Å²) in [5.74, 6) is 0.243. The topological polar surface area (TPSA) is 100 Å². The summed E-state index contributed by atoms with van der Waals surface area (Å²) in [7, 11) is 1.44. The van der Waals surface area contributed by atoms with Crippen LogP contribution < -0.4 is 10.2 Å². The van der Waals surface area contributed by atoms with Gasteiger partial charge in [0.05, 0.1) is 18.8 Å². The number of allylic oxidation sites excluding steroid dienone is 2. The first-order valence-electron chi connectivity index (χ1n) is 10.3. The van der Waals surface area contributed by atoms with Gasteiger partial charge in [-0.1, -0.05) is 35.9 Å². The number of phenols is 2. The minimum Gasteiger partial charge on any atom is -0.508 e. The molecule has 3 N–H and O–H groups in total. The van der Waals surface area contributed by atoms with Crippen molar-refractivity contribution < 1.29 is 24.5 Å². The fraction of sp³-hybridized carbons (Fsp3) is 0.269. The Morgan fingerprint density at radius 3 is 2.38 bits per heavy atom. The monoisotopic (exact) mass is 436 g/mol. The number of rotatable bonds is 7. The molecule has 0 aliphatic carbocycles. The van der Waals surface area contributed by atoms with Crippen molar-refractivity contribution in [3.8, 4) is 28.4 Å². The van der Waals surface area contributed by atoms with E-state index in [0.29, 0.717) is 34.2 Å². The number of aliphatic hydroxyl groups is 1. The molecular weight excluding hydrogens is 408 g/mol. The lowest BCUT2D eigenvalue weighted by atomic mass is 9.93. The van der Waals surface area contributed by atoms with Crippen LogP contribution in [0.3, 0.4) is 0 Å². The van der Waals surface area contributed by atoms with Crippen LogP contribution in [-0.4, -0.2) is 28.5 Å². The first kappa shape index (κ1) is 23.2. The molecule has 1 heterocycles. The zero-order chi connectivity index (χ0) is 23.6. The van der Waals surface area contributed by atoms with Crippen LogP contribution >= 0.6 is 0 Å². The number of fused-ring (bicyclic) bond motifs is 1. The minimum atomic E-state index is -0.920. The summed E-state index contributed by atoms with van der Waals surface area (Å²) in [6.07, 6.45) is 2.70. The van der Waals surface area contributed by atoms with Crippen molar-refractivity contribution in [2.75, 3.05) is 7.11 Å². The van der Waals surface area contributed by atoms with Crippen LogP contribution in [0.5, 0.6) is 17.2 Å². The third-order valence-electron chi connectivity index (χ3n) is 5.40. The van der Waals surface area contributed by atoms with Crippen molar-refractivity contribution >= 4 is 11.0 Å². The summed E-state index contributed by atoms with van der Waals surface area (Å²) < 4.78 is 11.5. The highest BCUT2D eigenvalue weighted by Crippen LogP contribution is 2.41. The van der Waals surface area contributed by atoms with Crippen LogP contribution in [0.4, 0.5) is 0 Å². The molecule has 32 heavy (non-hydrogen) atoms. The molecule has 6 heteroatoms. The zero-order valence-corrected chi connectivity index (χ0v) is 18.7. The molecule has 0 saturated heterocycles. The molecule has 0 radical (unpaired) electrons. The number of aromatic hydroxyl groups is 2. The molecule has 0 fully saturated rings. The van der Waals surface area contributed by atoms with E-state index in [1.54, 1.807) is 19.1 Å². The van der Waals surface area contributed by atoms with Gasteiger partial charge in [0.1, 0.15) is 34.5 Å². The van der Waals surface area contributed by atoms with Gasteiger partial charge in [-0.25, -0.2) is 0 Å². The quantitative estimate of drug-likeness (QED) is 0.457. The standard InChI is InChI=1S/C26H28O6/c1-14(2)6-11-18-23(29)19(12-21(28)15(3)4)26-22(25(18)31-5)24(30)20(13-32-26)16-7-9-17(27)10-8-16/h6-10,13,21,27-29H,3,11-12H2,1-2,4-5H3/t21-/m0/s1. The number of hydrogen-bond acceptors (Lipinski definition) is 6. The molecule has 0 saturated carbocycles. The van der Waals surface area contributed by atoms with Gasteiger partial charge < -0.3 is 24.5 Å². The molecule has 1 aromatic heterocycles. The van der Waals surface area contributed by atoms with Gasteiger partial charge in [0.2, 0.25) is 5.43 Å². The third kappa shape index (κ3) is 4.41. The maximum absolute atomic E-state index is 13.6. The van der Waals surface area contributed by atoms with E-state index in [4.69, 9.17) is 9.15 Å². The average molecular weight is 437 g/mol. The third-order valence-corrected chi connectivity index (χ3v) is 5.40. The van der Waals surface area contributed by atoms with Crippen LogP contribution in [0, 0.1) is 0 Å². The van der Waals surface area contributed by atoms with Gasteiger partial charge >= 0.3 is 0 Å². The number of hydrogen-bond donors (Lipinski definition) is 3. The summed E-state index contributed by atoms with van der Waals surface area (Å²) in [5, 5.41) is 31.3. The Kier molecular flexibility index (Phi) is 6.75. The fourth-order valence-electron chi connectivity index (χ4n) is 3.56. The van der Waals surface area contributed by atoms with Crippen LogP contribution in [0.15, 0.2) is 63.5 Å². The summed E-state index contributed by atoms with van der Waals surface area (Å²) in [6, 6.07) is 6.22. The zero-order valence-electron chi connectivity index (χ0n) is 18.7. The Bertz CT molecular complexity index is 1240. The van der Waals surface area contributed by atoms with Crippen molar-refractivity contribution in [1.82, 2.24) is 0 Å². The largest absolute Gasteiger partial charge is 0.508 e. The highest BCUT2D eigenvalue weighted by atomic mass is 16.5. The SMILES string of the molecule is C=C(C)[C@@H](O)Cc1c(O)c(CC=C(C)C)c(OC)c2c(=O)c(-c3ccc(O)cc3)coc12. The van der Waals surface area contributed by atoms with Crippen molar-refractivity contribution in [1.29, 1.82) is 0 Å². The smallest absolute Gasteiger partial charge is 0.204 e. The Morgan fingerprint density at radius 1 is 1.16 bits per heavy atom. The molecule has 3 aromatic rings. The van der Waals surface area contributed by atoms with Crippen molar-refractivity contribution in [3.63, 3.8) is 0 Å². The lowest BCUT2D eigenvalue weighted by Gasteiger charge is -2.19. The maximum Gasteiger partial charge on any atom is 0.204 e. The molecule has 0 aliphatic rings. The summed E-state index contributed by atoms with van der Waals surface area (Å²) >= 11 is 0. The Labute approximate surface area is 186 Å². The van der Waals surface area contributed by atoms with E-state index in [1.807, 2.05) is 19.9 Å². The molecular formula is C26H28O6. The molecule has 0 unspecified atom stereocenters. The van der Waals surface area contributed by atoms with E-state index in [0.717, 1.165) is 5.57 Å². The van der Waals surface area contributed by atoms with Crippen molar-refractivity contribution in [2.45, 2.75) is 39.7 Å². The minimum absolute atomic E-state index is 0.0327. The maximum atomic E-state index is 13.6. The van der Waals surface area contributed by atoms with Gasteiger partial charge in [0, 0.05) is 17.5 Å².